The predicted molar refractivity (Wildman–Crippen MR) is 94.7 cm³/mol. The van der Waals surface area contributed by atoms with Gasteiger partial charge in [-0.3, -0.25) is 9.78 Å². The van der Waals surface area contributed by atoms with Crippen molar-refractivity contribution in [3.63, 3.8) is 0 Å². The number of amides is 1. The average molecular weight is 322 g/mol. The number of pyridine rings is 1. The molecule has 5 heteroatoms. The van der Waals surface area contributed by atoms with Crippen LogP contribution in [0.4, 0.5) is 0 Å². The summed E-state index contributed by atoms with van der Waals surface area (Å²) in [6.45, 7) is 3.54. The molecule has 1 amide bonds. The van der Waals surface area contributed by atoms with E-state index in [1.165, 1.54) is 12.8 Å². The Morgan fingerprint density at radius 2 is 1.92 bits per heavy atom. The maximum absolute atomic E-state index is 12.2. The van der Waals surface area contributed by atoms with E-state index in [1.54, 1.807) is 24.5 Å². The Morgan fingerprint density at radius 3 is 2.71 bits per heavy atom. The van der Waals surface area contributed by atoms with E-state index in [9.17, 15) is 4.79 Å². The van der Waals surface area contributed by atoms with Crippen LogP contribution in [0.1, 0.15) is 42.4 Å². The lowest BCUT2D eigenvalue weighted by Crippen LogP contribution is -2.24. The van der Waals surface area contributed by atoms with Gasteiger partial charge in [-0.1, -0.05) is 31.9 Å². The molecule has 0 saturated carbocycles. The summed E-state index contributed by atoms with van der Waals surface area (Å²) in [6.07, 6.45) is 6.72. The second-order valence-electron chi connectivity index (χ2n) is 5.79. The first-order chi connectivity index (χ1) is 11.8. The van der Waals surface area contributed by atoms with Gasteiger partial charge in [0.05, 0.1) is 17.6 Å². The fourth-order valence-corrected chi connectivity index (χ4v) is 2.79. The lowest BCUT2D eigenvalue weighted by molar-refractivity contribution is 0.0949. The number of aryl methyl sites for hydroxylation is 1. The number of rotatable bonds is 7. The molecular formula is C19H22N4O. The smallest absolute Gasteiger partial charge is 0.251 e. The zero-order valence-corrected chi connectivity index (χ0v) is 13.9. The van der Waals surface area contributed by atoms with Gasteiger partial charge in [0.15, 0.2) is 0 Å². The van der Waals surface area contributed by atoms with Crippen molar-refractivity contribution in [2.75, 3.05) is 0 Å². The largest absolute Gasteiger partial charge is 0.345 e. The number of hydrogen-bond acceptors (Lipinski definition) is 3. The van der Waals surface area contributed by atoms with E-state index in [-0.39, 0.29) is 5.91 Å². The highest BCUT2D eigenvalue weighted by molar-refractivity contribution is 5.93. The van der Waals surface area contributed by atoms with Crippen LogP contribution in [0.2, 0.25) is 0 Å². The van der Waals surface area contributed by atoms with Gasteiger partial charge in [0.1, 0.15) is 5.82 Å². The molecule has 2 aromatic heterocycles. The third-order valence-electron chi connectivity index (χ3n) is 4.07. The highest BCUT2D eigenvalue weighted by atomic mass is 16.1. The molecule has 3 aromatic rings. The van der Waals surface area contributed by atoms with Crippen LogP contribution in [0.25, 0.3) is 11.0 Å². The highest BCUT2D eigenvalue weighted by Crippen LogP contribution is 2.17. The molecule has 0 saturated heterocycles. The third-order valence-corrected chi connectivity index (χ3v) is 4.07. The number of benzene rings is 1. The quantitative estimate of drug-likeness (QED) is 0.677. The van der Waals surface area contributed by atoms with Gasteiger partial charge in [-0.05, 0) is 30.7 Å². The number of carbonyl (C=O) groups excluding carboxylic acids is 1. The first-order valence-corrected chi connectivity index (χ1v) is 8.42. The molecular weight excluding hydrogens is 300 g/mol. The van der Waals surface area contributed by atoms with Crippen molar-refractivity contribution in [1.82, 2.24) is 19.9 Å². The van der Waals surface area contributed by atoms with E-state index in [1.807, 2.05) is 18.2 Å². The van der Waals surface area contributed by atoms with Crippen LogP contribution in [0.15, 0.2) is 48.8 Å². The minimum Gasteiger partial charge on any atom is -0.345 e. The van der Waals surface area contributed by atoms with Crippen molar-refractivity contribution in [2.45, 2.75) is 39.3 Å². The van der Waals surface area contributed by atoms with Crippen LogP contribution >= 0.6 is 0 Å². The summed E-state index contributed by atoms with van der Waals surface area (Å²) in [6, 6.07) is 11.5. The molecule has 3 rings (SSSR count). The number of para-hydroxylation sites is 2. The first-order valence-electron chi connectivity index (χ1n) is 8.42. The number of carbonyl (C=O) groups is 1. The monoisotopic (exact) mass is 322 g/mol. The van der Waals surface area contributed by atoms with Gasteiger partial charge in [0.25, 0.3) is 5.91 Å². The van der Waals surface area contributed by atoms with E-state index in [2.05, 4.69) is 27.9 Å². The number of imidazole rings is 1. The van der Waals surface area contributed by atoms with Gasteiger partial charge >= 0.3 is 0 Å². The summed E-state index contributed by atoms with van der Waals surface area (Å²) in [4.78, 5) is 20.9. The fourth-order valence-electron chi connectivity index (χ4n) is 2.79. The maximum Gasteiger partial charge on any atom is 0.251 e. The number of unbranched alkanes of at least 4 members (excludes halogenated alkanes) is 2. The summed E-state index contributed by atoms with van der Waals surface area (Å²) in [7, 11) is 0. The Balaban J connectivity index is 1.77. The topological polar surface area (TPSA) is 59.8 Å². The SMILES string of the molecule is CCCCCn1c(CNC(=O)c2ccncc2)nc2ccccc21. The zero-order valence-electron chi connectivity index (χ0n) is 13.9. The van der Waals surface area contributed by atoms with E-state index >= 15 is 0 Å². The summed E-state index contributed by atoms with van der Waals surface area (Å²) in [5, 5.41) is 2.96. The number of aromatic nitrogens is 3. The number of hydrogen-bond donors (Lipinski definition) is 1. The molecule has 0 aliphatic rings. The molecule has 0 bridgehead atoms. The zero-order chi connectivity index (χ0) is 16.8. The predicted octanol–water partition coefficient (Wildman–Crippen LogP) is 3.55. The second-order valence-corrected chi connectivity index (χ2v) is 5.79. The summed E-state index contributed by atoms with van der Waals surface area (Å²) >= 11 is 0. The first kappa shape index (κ1) is 16.2. The van der Waals surface area contributed by atoms with Gasteiger partial charge in [0, 0.05) is 24.5 Å². The van der Waals surface area contributed by atoms with Gasteiger partial charge in [-0.25, -0.2) is 4.98 Å². The number of nitrogens with one attached hydrogen (secondary N) is 1. The van der Waals surface area contributed by atoms with Crippen LogP contribution in [0, 0.1) is 0 Å². The van der Waals surface area contributed by atoms with Gasteiger partial charge in [0.2, 0.25) is 0 Å². The second kappa shape index (κ2) is 7.73. The third kappa shape index (κ3) is 3.62. The van der Waals surface area contributed by atoms with E-state index in [0.717, 1.165) is 29.8 Å². The Morgan fingerprint density at radius 1 is 1.12 bits per heavy atom. The minimum absolute atomic E-state index is 0.107. The average Bonchev–Trinajstić information content (AvgIpc) is 2.98. The van der Waals surface area contributed by atoms with Crippen LogP contribution < -0.4 is 5.32 Å². The molecule has 0 aliphatic heterocycles. The molecule has 0 aliphatic carbocycles. The molecule has 0 radical (unpaired) electrons. The Labute approximate surface area is 141 Å². The van der Waals surface area contributed by atoms with Crippen LogP contribution in [0.3, 0.4) is 0 Å². The molecule has 0 spiro atoms. The van der Waals surface area contributed by atoms with E-state index < -0.39 is 0 Å². The molecule has 1 aromatic carbocycles. The van der Waals surface area contributed by atoms with Gasteiger partial charge < -0.3 is 9.88 Å². The molecule has 0 unspecified atom stereocenters. The van der Waals surface area contributed by atoms with E-state index in [4.69, 9.17) is 4.98 Å². The molecule has 2 heterocycles. The summed E-state index contributed by atoms with van der Waals surface area (Å²) < 4.78 is 2.22. The number of fused-ring (bicyclic) bond motifs is 1. The maximum atomic E-state index is 12.2. The molecule has 0 atom stereocenters. The van der Waals surface area contributed by atoms with E-state index in [0.29, 0.717) is 12.1 Å². The van der Waals surface area contributed by atoms with Crippen molar-refractivity contribution in [2.24, 2.45) is 0 Å². The minimum atomic E-state index is -0.107. The fraction of sp³-hybridized carbons (Fsp3) is 0.316. The Hall–Kier alpha value is -2.69. The van der Waals surface area contributed by atoms with Crippen molar-refractivity contribution in [3.05, 3.63) is 60.2 Å². The lowest BCUT2D eigenvalue weighted by Gasteiger charge is -2.10. The molecule has 5 nitrogen and oxygen atoms in total. The van der Waals surface area contributed by atoms with Gasteiger partial charge in [-0.2, -0.15) is 0 Å². The van der Waals surface area contributed by atoms with Crippen molar-refractivity contribution < 1.29 is 4.79 Å². The van der Waals surface area contributed by atoms with Crippen LogP contribution in [-0.4, -0.2) is 20.4 Å². The summed E-state index contributed by atoms with van der Waals surface area (Å²) in [5.74, 6) is 0.791. The Kier molecular flexibility index (Phi) is 5.21. The lowest BCUT2D eigenvalue weighted by atomic mass is 10.2. The number of nitrogens with zero attached hydrogens (tertiary/aromatic N) is 3. The molecule has 0 fully saturated rings. The normalized spacial score (nSPS) is 10.9. The molecule has 24 heavy (non-hydrogen) atoms. The summed E-state index contributed by atoms with van der Waals surface area (Å²) in [5.41, 5.74) is 2.71. The molecule has 1 N–H and O–H groups in total. The van der Waals surface area contributed by atoms with Crippen molar-refractivity contribution >= 4 is 16.9 Å². The van der Waals surface area contributed by atoms with Gasteiger partial charge in [-0.15, -0.1) is 0 Å². The van der Waals surface area contributed by atoms with Crippen LogP contribution in [0.5, 0.6) is 0 Å². The standard InChI is InChI=1S/C19H22N4O/c1-2-3-6-13-23-17-8-5-4-7-16(17)22-18(23)14-21-19(24)15-9-11-20-12-10-15/h4-5,7-12H,2-3,6,13-14H2,1H3,(H,21,24). The van der Waals surface area contributed by atoms with Crippen molar-refractivity contribution in [1.29, 1.82) is 0 Å². The Bertz CT molecular complexity index is 811. The van der Waals surface area contributed by atoms with Crippen LogP contribution in [-0.2, 0) is 13.1 Å². The highest BCUT2D eigenvalue weighted by Gasteiger charge is 2.12. The molecule has 124 valence electrons. The van der Waals surface area contributed by atoms with Crippen molar-refractivity contribution in [3.8, 4) is 0 Å².